The van der Waals surface area contributed by atoms with Gasteiger partial charge in [-0.1, -0.05) is 5.21 Å². The molecule has 0 unspecified atom stereocenters. The number of anilines is 1. The minimum absolute atomic E-state index is 0.632. The Labute approximate surface area is 92.3 Å². The van der Waals surface area contributed by atoms with Gasteiger partial charge in [-0.25, -0.2) is 0 Å². The van der Waals surface area contributed by atoms with Crippen molar-refractivity contribution in [3.05, 3.63) is 6.20 Å². The summed E-state index contributed by atoms with van der Waals surface area (Å²) in [4.78, 5) is 4.30. The molecule has 0 bridgehead atoms. The van der Waals surface area contributed by atoms with Gasteiger partial charge in [-0.15, -0.1) is 10.2 Å². The standard InChI is InChI=1S/C9H13N7/c1-16-5-7(12-15-16)8-11-9(14-13-8)10-4-6-2-3-6/h5-6H,2-4H2,1H3,(H2,10,11,13,14). The fourth-order valence-corrected chi connectivity index (χ4v) is 1.47. The van der Waals surface area contributed by atoms with E-state index in [1.54, 1.807) is 10.9 Å². The molecule has 2 aromatic heterocycles. The van der Waals surface area contributed by atoms with Crippen LogP contribution in [0.3, 0.4) is 0 Å². The van der Waals surface area contributed by atoms with Crippen LogP contribution in [0.5, 0.6) is 0 Å². The van der Waals surface area contributed by atoms with Crippen LogP contribution in [0.1, 0.15) is 12.8 Å². The highest BCUT2D eigenvalue weighted by Crippen LogP contribution is 2.28. The van der Waals surface area contributed by atoms with Crippen molar-refractivity contribution in [1.29, 1.82) is 0 Å². The van der Waals surface area contributed by atoms with E-state index in [9.17, 15) is 0 Å². The van der Waals surface area contributed by atoms with E-state index in [4.69, 9.17) is 0 Å². The highest BCUT2D eigenvalue weighted by molar-refractivity contribution is 5.48. The quantitative estimate of drug-likeness (QED) is 0.778. The van der Waals surface area contributed by atoms with Crippen LogP contribution in [0.2, 0.25) is 0 Å². The number of hydrogen-bond acceptors (Lipinski definition) is 5. The summed E-state index contributed by atoms with van der Waals surface area (Å²) >= 11 is 0. The fraction of sp³-hybridized carbons (Fsp3) is 0.556. The van der Waals surface area contributed by atoms with Crippen LogP contribution in [0, 0.1) is 5.92 Å². The lowest BCUT2D eigenvalue weighted by Gasteiger charge is -1.96. The molecule has 0 spiro atoms. The summed E-state index contributed by atoms with van der Waals surface area (Å²) < 4.78 is 1.63. The smallest absolute Gasteiger partial charge is 0.242 e. The number of nitrogens with one attached hydrogen (secondary N) is 2. The van der Waals surface area contributed by atoms with E-state index < -0.39 is 0 Å². The Hall–Kier alpha value is -1.92. The van der Waals surface area contributed by atoms with E-state index in [1.807, 2.05) is 7.05 Å². The first kappa shape index (κ1) is 9.32. The summed E-state index contributed by atoms with van der Waals surface area (Å²) in [5, 5.41) is 17.9. The molecule has 0 saturated heterocycles. The summed E-state index contributed by atoms with van der Waals surface area (Å²) in [6.07, 6.45) is 4.42. The average molecular weight is 219 g/mol. The van der Waals surface area contributed by atoms with E-state index in [1.165, 1.54) is 12.8 Å². The number of nitrogens with zero attached hydrogens (tertiary/aromatic N) is 5. The number of hydrogen-bond donors (Lipinski definition) is 2. The third-order valence-corrected chi connectivity index (χ3v) is 2.58. The molecule has 1 fully saturated rings. The Morgan fingerprint density at radius 1 is 1.56 bits per heavy atom. The van der Waals surface area contributed by atoms with Gasteiger partial charge in [-0.3, -0.25) is 9.78 Å². The largest absolute Gasteiger partial charge is 0.353 e. The van der Waals surface area contributed by atoms with Gasteiger partial charge in [0.05, 0.1) is 6.20 Å². The second kappa shape index (κ2) is 3.58. The van der Waals surface area contributed by atoms with E-state index in [0.717, 1.165) is 12.5 Å². The molecule has 2 heterocycles. The summed E-state index contributed by atoms with van der Waals surface area (Å²) in [6.45, 7) is 0.956. The Balaban J connectivity index is 1.71. The highest BCUT2D eigenvalue weighted by atomic mass is 15.4. The molecule has 0 atom stereocenters. The van der Waals surface area contributed by atoms with E-state index in [-0.39, 0.29) is 0 Å². The Bertz CT molecular complexity index is 482. The number of aromatic amines is 1. The lowest BCUT2D eigenvalue weighted by molar-refractivity contribution is 0.715. The maximum Gasteiger partial charge on any atom is 0.242 e. The van der Waals surface area contributed by atoms with Gasteiger partial charge in [0.1, 0.15) is 5.69 Å². The Morgan fingerprint density at radius 2 is 2.44 bits per heavy atom. The first-order valence-corrected chi connectivity index (χ1v) is 5.34. The van der Waals surface area contributed by atoms with Crippen molar-refractivity contribution in [2.45, 2.75) is 12.8 Å². The molecule has 1 aliphatic carbocycles. The Kier molecular flexibility index (Phi) is 2.09. The molecule has 2 N–H and O–H groups in total. The van der Waals surface area contributed by atoms with Crippen LogP contribution >= 0.6 is 0 Å². The van der Waals surface area contributed by atoms with Crippen molar-refractivity contribution in [2.24, 2.45) is 13.0 Å². The molecule has 84 valence electrons. The van der Waals surface area contributed by atoms with Gasteiger partial charge in [0, 0.05) is 13.6 Å². The molecule has 2 aromatic rings. The molecule has 0 aliphatic heterocycles. The van der Waals surface area contributed by atoms with Crippen molar-refractivity contribution in [2.75, 3.05) is 11.9 Å². The summed E-state index contributed by atoms with van der Waals surface area (Å²) in [5.74, 6) is 2.08. The zero-order chi connectivity index (χ0) is 11.0. The van der Waals surface area contributed by atoms with Crippen LogP contribution in [-0.4, -0.2) is 36.7 Å². The minimum atomic E-state index is 0.632. The molecular weight excluding hydrogens is 206 g/mol. The topological polar surface area (TPSA) is 84.3 Å². The monoisotopic (exact) mass is 219 g/mol. The predicted molar refractivity (Wildman–Crippen MR) is 57.6 cm³/mol. The van der Waals surface area contributed by atoms with Crippen molar-refractivity contribution in [3.8, 4) is 11.5 Å². The minimum Gasteiger partial charge on any atom is -0.353 e. The molecule has 7 nitrogen and oxygen atoms in total. The lowest BCUT2D eigenvalue weighted by atomic mass is 10.4. The van der Waals surface area contributed by atoms with Crippen molar-refractivity contribution in [3.63, 3.8) is 0 Å². The van der Waals surface area contributed by atoms with Crippen molar-refractivity contribution < 1.29 is 0 Å². The van der Waals surface area contributed by atoms with Crippen molar-refractivity contribution >= 4 is 5.95 Å². The van der Waals surface area contributed by atoms with Crippen LogP contribution in [-0.2, 0) is 7.05 Å². The summed E-state index contributed by atoms with van der Waals surface area (Å²) in [5.41, 5.74) is 0.703. The fourth-order valence-electron chi connectivity index (χ4n) is 1.47. The second-order valence-corrected chi connectivity index (χ2v) is 4.11. The third-order valence-electron chi connectivity index (χ3n) is 2.58. The van der Waals surface area contributed by atoms with Gasteiger partial charge in [0.25, 0.3) is 0 Å². The number of aryl methyl sites for hydroxylation is 1. The normalized spacial score (nSPS) is 15.3. The molecule has 0 radical (unpaired) electrons. The molecule has 3 rings (SSSR count). The average Bonchev–Trinajstić information content (AvgIpc) is 2.81. The predicted octanol–water partition coefficient (Wildman–Crippen LogP) is 0.422. The summed E-state index contributed by atoms with van der Waals surface area (Å²) in [7, 11) is 1.82. The number of aromatic nitrogens is 6. The van der Waals surface area contributed by atoms with Gasteiger partial charge in [-0.05, 0) is 18.8 Å². The van der Waals surface area contributed by atoms with E-state index in [2.05, 4.69) is 30.8 Å². The van der Waals surface area contributed by atoms with Crippen LogP contribution in [0.25, 0.3) is 11.5 Å². The second-order valence-electron chi connectivity index (χ2n) is 4.11. The van der Waals surface area contributed by atoms with Gasteiger partial charge in [0.15, 0.2) is 5.82 Å². The van der Waals surface area contributed by atoms with Gasteiger partial charge < -0.3 is 5.32 Å². The lowest BCUT2D eigenvalue weighted by Crippen LogP contribution is -2.04. The molecule has 1 aliphatic rings. The van der Waals surface area contributed by atoms with E-state index >= 15 is 0 Å². The highest BCUT2D eigenvalue weighted by Gasteiger charge is 2.21. The maximum atomic E-state index is 4.30. The molecular formula is C9H13N7. The molecule has 0 aromatic carbocycles. The SMILES string of the molecule is Cn1cc(-c2nc(NCC3CC3)n[nH]2)nn1. The number of H-pyrrole nitrogens is 1. The first-order chi connectivity index (χ1) is 7.81. The van der Waals surface area contributed by atoms with E-state index in [0.29, 0.717) is 17.5 Å². The van der Waals surface area contributed by atoms with Gasteiger partial charge >= 0.3 is 0 Å². The molecule has 7 heteroatoms. The van der Waals surface area contributed by atoms with Crippen LogP contribution in [0.4, 0.5) is 5.95 Å². The maximum absolute atomic E-state index is 4.30. The molecule has 16 heavy (non-hydrogen) atoms. The van der Waals surface area contributed by atoms with Gasteiger partial charge in [-0.2, -0.15) is 4.98 Å². The zero-order valence-electron chi connectivity index (χ0n) is 9.01. The first-order valence-electron chi connectivity index (χ1n) is 5.34. The third kappa shape index (κ3) is 1.88. The van der Waals surface area contributed by atoms with Crippen LogP contribution in [0.15, 0.2) is 6.20 Å². The molecule has 1 saturated carbocycles. The Morgan fingerprint density at radius 3 is 3.12 bits per heavy atom. The summed E-state index contributed by atoms with van der Waals surface area (Å²) in [6, 6.07) is 0. The zero-order valence-corrected chi connectivity index (χ0v) is 9.01. The van der Waals surface area contributed by atoms with Crippen molar-refractivity contribution in [1.82, 2.24) is 30.2 Å². The van der Waals surface area contributed by atoms with Crippen LogP contribution < -0.4 is 5.32 Å². The van der Waals surface area contributed by atoms with Gasteiger partial charge in [0.2, 0.25) is 5.95 Å². The molecule has 0 amide bonds. The number of rotatable bonds is 4.